The van der Waals surface area contributed by atoms with Crippen molar-refractivity contribution in [2.24, 2.45) is 5.92 Å². The molecule has 0 amide bonds. The summed E-state index contributed by atoms with van der Waals surface area (Å²) in [6.45, 7) is 4.21. The third kappa shape index (κ3) is 5.93. The zero-order chi connectivity index (χ0) is 14.3. The van der Waals surface area contributed by atoms with Gasteiger partial charge in [0.2, 0.25) is 0 Å². The molecule has 0 aromatic heterocycles. The summed E-state index contributed by atoms with van der Waals surface area (Å²) >= 11 is 5.62. The van der Waals surface area contributed by atoms with Gasteiger partial charge in [0.1, 0.15) is 0 Å². The summed E-state index contributed by atoms with van der Waals surface area (Å²) in [5, 5.41) is 0. The molecule has 1 atom stereocenters. The lowest BCUT2D eigenvalue weighted by molar-refractivity contribution is 0.282. The van der Waals surface area contributed by atoms with E-state index >= 15 is 0 Å². The van der Waals surface area contributed by atoms with Crippen molar-refractivity contribution in [1.82, 2.24) is 0 Å². The van der Waals surface area contributed by atoms with Gasteiger partial charge in [-0.2, -0.15) is 8.42 Å². The van der Waals surface area contributed by atoms with Crippen LogP contribution >= 0.6 is 11.6 Å². The van der Waals surface area contributed by atoms with E-state index in [4.69, 9.17) is 15.8 Å². The predicted octanol–water partition coefficient (Wildman–Crippen LogP) is 3.75. The molecule has 0 aliphatic heterocycles. The Balaban J connectivity index is 2.45. The maximum absolute atomic E-state index is 11.9. The molecule has 0 bridgehead atoms. The number of rotatable bonds is 8. The van der Waals surface area contributed by atoms with E-state index in [1.807, 2.05) is 6.92 Å². The van der Waals surface area contributed by atoms with E-state index in [1.54, 1.807) is 24.3 Å². The molecular weight excluding hydrogens is 284 g/mol. The molecule has 0 aliphatic carbocycles. The summed E-state index contributed by atoms with van der Waals surface area (Å²) in [7, 11) is -3.62. The predicted molar refractivity (Wildman–Crippen MR) is 78.1 cm³/mol. The van der Waals surface area contributed by atoms with E-state index in [0.29, 0.717) is 11.8 Å². The molecule has 3 nitrogen and oxygen atoms in total. The summed E-state index contributed by atoms with van der Waals surface area (Å²) in [4.78, 5) is 0.214. The molecule has 1 aromatic rings. The van der Waals surface area contributed by atoms with Crippen molar-refractivity contribution in [3.8, 4) is 0 Å². The second kappa shape index (κ2) is 7.88. The topological polar surface area (TPSA) is 43.4 Å². The molecule has 0 spiro atoms. The van der Waals surface area contributed by atoms with Crippen LogP contribution in [0.25, 0.3) is 0 Å². The smallest absolute Gasteiger partial charge is 0.266 e. The first kappa shape index (κ1) is 16.5. The van der Waals surface area contributed by atoms with Crippen molar-refractivity contribution in [2.75, 3.05) is 12.5 Å². The van der Waals surface area contributed by atoms with Gasteiger partial charge >= 0.3 is 0 Å². The number of hydrogen-bond acceptors (Lipinski definition) is 3. The Morgan fingerprint density at radius 3 is 2.42 bits per heavy atom. The SMILES string of the molecule is Cc1ccc(S(=O)(=O)OCC[C@@H](C)CCCCl)cc1. The molecule has 108 valence electrons. The van der Waals surface area contributed by atoms with Gasteiger partial charge in [-0.05, 0) is 44.2 Å². The minimum Gasteiger partial charge on any atom is -0.266 e. The van der Waals surface area contributed by atoms with E-state index < -0.39 is 10.1 Å². The molecule has 0 fully saturated rings. The maximum atomic E-state index is 11.9. The van der Waals surface area contributed by atoms with Crippen LogP contribution in [-0.2, 0) is 14.3 Å². The Hall–Kier alpha value is -0.580. The molecule has 19 heavy (non-hydrogen) atoms. The minimum atomic E-state index is -3.62. The maximum Gasteiger partial charge on any atom is 0.296 e. The lowest BCUT2D eigenvalue weighted by atomic mass is 10.0. The number of aryl methyl sites for hydroxylation is 1. The Kier molecular flexibility index (Phi) is 6.83. The molecule has 5 heteroatoms. The van der Waals surface area contributed by atoms with Crippen molar-refractivity contribution < 1.29 is 12.6 Å². The van der Waals surface area contributed by atoms with Gasteiger partial charge < -0.3 is 0 Å². The van der Waals surface area contributed by atoms with E-state index in [9.17, 15) is 8.42 Å². The monoisotopic (exact) mass is 304 g/mol. The molecule has 0 radical (unpaired) electrons. The average molecular weight is 305 g/mol. The van der Waals surface area contributed by atoms with Gasteiger partial charge in [0, 0.05) is 5.88 Å². The first-order valence-electron chi connectivity index (χ1n) is 6.48. The normalized spacial score (nSPS) is 13.4. The molecule has 0 N–H and O–H groups in total. The van der Waals surface area contributed by atoms with Crippen LogP contribution in [-0.4, -0.2) is 20.9 Å². The summed E-state index contributed by atoms with van der Waals surface area (Å²) in [6, 6.07) is 6.67. The third-order valence-corrected chi connectivity index (χ3v) is 4.58. The van der Waals surface area contributed by atoms with Crippen LogP contribution in [0.3, 0.4) is 0 Å². The average Bonchev–Trinajstić information content (AvgIpc) is 2.36. The fourth-order valence-corrected chi connectivity index (χ4v) is 2.78. The minimum absolute atomic E-state index is 0.214. The van der Waals surface area contributed by atoms with Gasteiger partial charge in [0.25, 0.3) is 10.1 Å². The summed E-state index contributed by atoms with van der Waals surface area (Å²) in [5.74, 6) is 1.07. The van der Waals surface area contributed by atoms with E-state index in [2.05, 4.69) is 6.92 Å². The van der Waals surface area contributed by atoms with Crippen LogP contribution in [0.4, 0.5) is 0 Å². The molecule has 0 saturated heterocycles. The van der Waals surface area contributed by atoms with Crippen molar-refractivity contribution in [2.45, 2.75) is 38.0 Å². The van der Waals surface area contributed by atoms with Crippen LogP contribution in [0.5, 0.6) is 0 Å². The molecule has 0 heterocycles. The van der Waals surface area contributed by atoms with Crippen LogP contribution in [0.2, 0.25) is 0 Å². The van der Waals surface area contributed by atoms with Crippen molar-refractivity contribution >= 4 is 21.7 Å². The molecule has 1 rings (SSSR count). The third-order valence-electron chi connectivity index (χ3n) is 2.99. The number of alkyl halides is 1. The highest BCUT2D eigenvalue weighted by Gasteiger charge is 2.15. The lowest BCUT2D eigenvalue weighted by Gasteiger charge is -2.10. The zero-order valence-corrected chi connectivity index (χ0v) is 13.0. The highest BCUT2D eigenvalue weighted by Crippen LogP contribution is 2.16. The Morgan fingerprint density at radius 1 is 1.21 bits per heavy atom. The van der Waals surface area contributed by atoms with Crippen LogP contribution in [0, 0.1) is 12.8 Å². The number of benzene rings is 1. The number of hydrogen-bond donors (Lipinski definition) is 0. The van der Waals surface area contributed by atoms with E-state index in [1.165, 1.54) is 0 Å². The standard InChI is InChI=1S/C14H21ClO3S/c1-12(4-3-10-15)9-11-18-19(16,17)14-7-5-13(2)6-8-14/h5-8,12H,3-4,9-11H2,1-2H3/t12-/m0/s1. The number of halogens is 1. The van der Waals surface area contributed by atoms with Crippen molar-refractivity contribution in [3.05, 3.63) is 29.8 Å². The first-order chi connectivity index (χ1) is 8.95. The van der Waals surface area contributed by atoms with Gasteiger partial charge in [0.05, 0.1) is 11.5 Å². The Labute approximate surface area is 121 Å². The van der Waals surface area contributed by atoms with E-state index in [-0.39, 0.29) is 11.5 Å². The summed E-state index contributed by atoms with van der Waals surface area (Å²) < 4.78 is 28.8. The Morgan fingerprint density at radius 2 is 1.84 bits per heavy atom. The van der Waals surface area contributed by atoms with Crippen molar-refractivity contribution in [1.29, 1.82) is 0 Å². The quantitative estimate of drug-likeness (QED) is 0.543. The highest BCUT2D eigenvalue weighted by molar-refractivity contribution is 7.86. The van der Waals surface area contributed by atoms with Crippen LogP contribution < -0.4 is 0 Å². The van der Waals surface area contributed by atoms with Gasteiger partial charge in [-0.3, -0.25) is 4.18 Å². The molecule has 0 unspecified atom stereocenters. The first-order valence-corrected chi connectivity index (χ1v) is 8.42. The van der Waals surface area contributed by atoms with Crippen LogP contribution in [0.1, 0.15) is 31.7 Å². The van der Waals surface area contributed by atoms with Gasteiger partial charge in [-0.25, -0.2) is 0 Å². The van der Waals surface area contributed by atoms with Gasteiger partial charge in [0.15, 0.2) is 0 Å². The Bertz CT molecular complexity index is 468. The van der Waals surface area contributed by atoms with Crippen LogP contribution in [0.15, 0.2) is 29.2 Å². The zero-order valence-electron chi connectivity index (χ0n) is 11.4. The highest BCUT2D eigenvalue weighted by atomic mass is 35.5. The fraction of sp³-hybridized carbons (Fsp3) is 0.571. The van der Waals surface area contributed by atoms with Gasteiger partial charge in [-0.15, -0.1) is 11.6 Å². The molecule has 0 aliphatic rings. The van der Waals surface area contributed by atoms with Crippen molar-refractivity contribution in [3.63, 3.8) is 0 Å². The lowest BCUT2D eigenvalue weighted by Crippen LogP contribution is -2.10. The second-order valence-electron chi connectivity index (χ2n) is 4.81. The van der Waals surface area contributed by atoms with E-state index in [0.717, 1.165) is 24.8 Å². The van der Waals surface area contributed by atoms with Gasteiger partial charge in [-0.1, -0.05) is 24.6 Å². The fourth-order valence-electron chi connectivity index (χ4n) is 1.70. The molecule has 1 aromatic carbocycles. The molecular formula is C14H21ClO3S. The summed E-state index contributed by atoms with van der Waals surface area (Å²) in [5.41, 5.74) is 1.02. The summed E-state index contributed by atoms with van der Waals surface area (Å²) in [6.07, 6.45) is 2.67. The molecule has 0 saturated carbocycles. The second-order valence-corrected chi connectivity index (χ2v) is 6.81. The largest absolute Gasteiger partial charge is 0.296 e.